The number of aromatic nitrogens is 2. The fourth-order valence-electron chi connectivity index (χ4n) is 1.69. The minimum Gasteiger partial charge on any atom is -0.383 e. The first-order valence-corrected chi connectivity index (χ1v) is 6.52. The van der Waals surface area contributed by atoms with E-state index in [0.717, 1.165) is 18.4 Å². The van der Waals surface area contributed by atoms with E-state index in [2.05, 4.69) is 33.0 Å². The number of hydrogen-bond donors (Lipinski definition) is 4. The highest BCUT2D eigenvalue weighted by atomic mass is 16.5. The van der Waals surface area contributed by atoms with Crippen molar-refractivity contribution in [2.45, 2.75) is 19.8 Å². The first-order valence-electron chi connectivity index (χ1n) is 6.52. The van der Waals surface area contributed by atoms with Crippen LogP contribution in [0.25, 0.3) is 0 Å². The van der Waals surface area contributed by atoms with E-state index in [-0.39, 0.29) is 12.5 Å². The van der Waals surface area contributed by atoms with Crippen molar-refractivity contribution in [2.24, 2.45) is 5.84 Å². The van der Waals surface area contributed by atoms with Gasteiger partial charge in [0.25, 0.3) is 0 Å². The van der Waals surface area contributed by atoms with Crippen molar-refractivity contribution >= 4 is 17.5 Å². The van der Waals surface area contributed by atoms with Gasteiger partial charge in [-0.1, -0.05) is 13.3 Å². The second-order valence-corrected chi connectivity index (χ2v) is 4.14. The van der Waals surface area contributed by atoms with E-state index in [1.807, 2.05) is 0 Å². The number of nitrogen functional groups attached to an aromatic ring is 1. The first kappa shape index (κ1) is 16.1. The topological polar surface area (TPSA) is 114 Å². The molecule has 0 aliphatic heterocycles. The fraction of sp³-hybridized carbons (Fsp3) is 0.583. The maximum atomic E-state index is 11.6. The Hall–Kier alpha value is -1.93. The Kier molecular flexibility index (Phi) is 7.30. The summed E-state index contributed by atoms with van der Waals surface area (Å²) in [6.07, 6.45) is 3.10. The summed E-state index contributed by atoms with van der Waals surface area (Å²) < 4.78 is 4.86. The van der Waals surface area contributed by atoms with Gasteiger partial charge in [-0.3, -0.25) is 4.79 Å². The van der Waals surface area contributed by atoms with Gasteiger partial charge in [0.15, 0.2) is 0 Å². The Balaban J connectivity index is 2.60. The highest BCUT2D eigenvalue weighted by Crippen LogP contribution is 2.20. The number of nitrogens with two attached hydrogens (primary N) is 1. The van der Waals surface area contributed by atoms with E-state index in [9.17, 15) is 4.79 Å². The molecule has 112 valence electrons. The third-order valence-electron chi connectivity index (χ3n) is 2.63. The van der Waals surface area contributed by atoms with Gasteiger partial charge in [-0.05, 0) is 6.42 Å². The molecule has 8 heteroatoms. The van der Waals surface area contributed by atoms with Gasteiger partial charge in [-0.2, -0.15) is 0 Å². The number of rotatable bonds is 9. The molecular weight excluding hydrogens is 260 g/mol. The standard InChI is InChI=1S/C12H22N6O2/c1-3-4-9-11(16-8-17-12(9)18-13)15-7-10(19)14-5-6-20-2/h8H,3-7,13H2,1-2H3,(H,14,19)(H2,15,16,17,18). The Morgan fingerprint density at radius 1 is 1.40 bits per heavy atom. The summed E-state index contributed by atoms with van der Waals surface area (Å²) in [4.78, 5) is 19.8. The van der Waals surface area contributed by atoms with E-state index in [1.54, 1.807) is 7.11 Å². The number of nitrogens with zero attached hydrogens (tertiary/aromatic N) is 2. The van der Waals surface area contributed by atoms with E-state index >= 15 is 0 Å². The highest BCUT2D eigenvalue weighted by molar-refractivity contribution is 5.80. The molecule has 5 N–H and O–H groups in total. The van der Waals surface area contributed by atoms with Crippen LogP contribution in [-0.2, 0) is 16.0 Å². The maximum absolute atomic E-state index is 11.6. The molecule has 0 unspecified atom stereocenters. The summed E-state index contributed by atoms with van der Waals surface area (Å²) in [7, 11) is 1.59. The first-order chi connectivity index (χ1) is 9.72. The lowest BCUT2D eigenvalue weighted by molar-refractivity contribution is -0.119. The number of hydrazine groups is 1. The van der Waals surface area contributed by atoms with Crippen LogP contribution in [0.1, 0.15) is 18.9 Å². The monoisotopic (exact) mass is 282 g/mol. The molecule has 0 fully saturated rings. The van der Waals surface area contributed by atoms with Crippen molar-refractivity contribution in [3.05, 3.63) is 11.9 Å². The molecule has 0 aliphatic carbocycles. The summed E-state index contributed by atoms with van der Waals surface area (Å²) in [5, 5.41) is 5.72. The number of carbonyl (C=O) groups is 1. The number of carbonyl (C=O) groups excluding carboxylic acids is 1. The normalized spacial score (nSPS) is 10.2. The fourth-order valence-corrected chi connectivity index (χ4v) is 1.69. The summed E-state index contributed by atoms with van der Waals surface area (Å²) >= 11 is 0. The molecule has 0 spiro atoms. The molecule has 0 saturated heterocycles. The molecule has 1 heterocycles. The van der Waals surface area contributed by atoms with Crippen LogP contribution in [0, 0.1) is 0 Å². The lowest BCUT2D eigenvalue weighted by Gasteiger charge is -2.13. The second-order valence-electron chi connectivity index (χ2n) is 4.14. The van der Waals surface area contributed by atoms with E-state index < -0.39 is 0 Å². The molecule has 0 bridgehead atoms. The summed E-state index contributed by atoms with van der Waals surface area (Å²) in [6, 6.07) is 0. The predicted molar refractivity (Wildman–Crippen MR) is 77.2 cm³/mol. The zero-order chi connectivity index (χ0) is 14.8. The number of ether oxygens (including phenoxy) is 1. The zero-order valence-corrected chi connectivity index (χ0v) is 11.9. The Morgan fingerprint density at radius 3 is 2.80 bits per heavy atom. The van der Waals surface area contributed by atoms with Gasteiger partial charge in [0.1, 0.15) is 18.0 Å². The molecule has 1 rings (SSSR count). The van der Waals surface area contributed by atoms with Crippen molar-refractivity contribution in [1.29, 1.82) is 0 Å². The minimum atomic E-state index is -0.120. The molecule has 1 aromatic rings. The Labute approximate surface area is 118 Å². The molecule has 0 atom stereocenters. The zero-order valence-electron chi connectivity index (χ0n) is 11.9. The number of nitrogens with one attached hydrogen (secondary N) is 3. The predicted octanol–water partition coefficient (Wildman–Crippen LogP) is -0.111. The van der Waals surface area contributed by atoms with E-state index in [1.165, 1.54) is 6.33 Å². The van der Waals surface area contributed by atoms with Crippen molar-refractivity contribution in [1.82, 2.24) is 15.3 Å². The van der Waals surface area contributed by atoms with Crippen LogP contribution in [0.15, 0.2) is 6.33 Å². The smallest absolute Gasteiger partial charge is 0.239 e. The Bertz CT molecular complexity index is 426. The third kappa shape index (κ3) is 4.98. The summed E-state index contributed by atoms with van der Waals surface area (Å²) in [5.41, 5.74) is 3.42. The molecule has 1 aromatic heterocycles. The number of methoxy groups -OCH3 is 1. The van der Waals surface area contributed by atoms with Crippen LogP contribution in [-0.4, -0.2) is 42.7 Å². The number of amides is 1. The summed E-state index contributed by atoms with van der Waals surface area (Å²) in [6.45, 7) is 3.16. The molecule has 20 heavy (non-hydrogen) atoms. The van der Waals surface area contributed by atoms with Crippen molar-refractivity contribution in [2.75, 3.05) is 37.5 Å². The minimum absolute atomic E-state index is 0.120. The largest absolute Gasteiger partial charge is 0.383 e. The quantitative estimate of drug-likeness (QED) is 0.284. The molecular formula is C12H22N6O2. The highest BCUT2D eigenvalue weighted by Gasteiger charge is 2.10. The molecule has 0 aliphatic rings. The lowest BCUT2D eigenvalue weighted by atomic mass is 10.1. The van der Waals surface area contributed by atoms with Crippen LogP contribution in [0.5, 0.6) is 0 Å². The molecule has 0 aromatic carbocycles. The van der Waals surface area contributed by atoms with Crippen molar-refractivity contribution < 1.29 is 9.53 Å². The molecule has 1 amide bonds. The van der Waals surface area contributed by atoms with Crippen molar-refractivity contribution in [3.8, 4) is 0 Å². The molecule has 0 radical (unpaired) electrons. The molecule has 8 nitrogen and oxygen atoms in total. The Morgan fingerprint density at radius 2 is 2.15 bits per heavy atom. The van der Waals surface area contributed by atoms with Gasteiger partial charge in [-0.15, -0.1) is 0 Å². The van der Waals surface area contributed by atoms with Crippen LogP contribution >= 0.6 is 0 Å². The van der Waals surface area contributed by atoms with Crippen LogP contribution < -0.4 is 21.9 Å². The summed E-state index contributed by atoms with van der Waals surface area (Å²) in [5.74, 6) is 6.50. The number of anilines is 2. The number of hydrogen-bond acceptors (Lipinski definition) is 7. The lowest BCUT2D eigenvalue weighted by Crippen LogP contribution is -2.32. The van der Waals surface area contributed by atoms with Gasteiger partial charge >= 0.3 is 0 Å². The third-order valence-corrected chi connectivity index (χ3v) is 2.63. The average Bonchev–Trinajstić information content (AvgIpc) is 2.46. The van der Waals surface area contributed by atoms with Gasteiger partial charge in [0.05, 0.1) is 13.2 Å². The second kappa shape index (κ2) is 9.05. The van der Waals surface area contributed by atoms with E-state index in [4.69, 9.17) is 10.6 Å². The van der Waals surface area contributed by atoms with E-state index in [0.29, 0.717) is 24.8 Å². The maximum Gasteiger partial charge on any atom is 0.239 e. The average molecular weight is 282 g/mol. The molecule has 0 saturated carbocycles. The van der Waals surface area contributed by atoms with Gasteiger partial charge < -0.3 is 20.8 Å². The SMILES string of the molecule is CCCc1c(NN)ncnc1NCC(=O)NCCOC. The van der Waals surface area contributed by atoms with Gasteiger partial charge in [0, 0.05) is 19.2 Å². The van der Waals surface area contributed by atoms with Gasteiger partial charge in [0.2, 0.25) is 5.91 Å². The van der Waals surface area contributed by atoms with Crippen LogP contribution in [0.2, 0.25) is 0 Å². The van der Waals surface area contributed by atoms with Crippen molar-refractivity contribution in [3.63, 3.8) is 0 Å². The van der Waals surface area contributed by atoms with Gasteiger partial charge in [-0.25, -0.2) is 15.8 Å². The van der Waals surface area contributed by atoms with Crippen LogP contribution in [0.3, 0.4) is 0 Å². The van der Waals surface area contributed by atoms with Crippen LogP contribution in [0.4, 0.5) is 11.6 Å².